The van der Waals surface area contributed by atoms with E-state index < -0.39 is 0 Å². The molecule has 0 aliphatic heterocycles. The monoisotopic (exact) mass is 337 g/mol. The number of hydrogen-bond donors (Lipinski definition) is 0. The number of alkyl halides is 2. The Hall–Kier alpha value is -0.620. The van der Waals surface area contributed by atoms with Crippen LogP contribution in [0.25, 0.3) is 0 Å². The smallest absolute Gasteiger partial charge is 0.274 e. The molecule has 6 heteroatoms. The van der Waals surface area contributed by atoms with E-state index in [1.54, 1.807) is 13.2 Å². The fourth-order valence-electron chi connectivity index (χ4n) is 1.32. The van der Waals surface area contributed by atoms with E-state index in [9.17, 15) is 10.1 Å². The quantitative estimate of drug-likeness (QED) is 0.480. The molecule has 0 atom stereocenters. The Morgan fingerprint density at radius 2 is 1.93 bits per heavy atom. The minimum Gasteiger partial charge on any atom is -0.496 e. The number of nitrogens with zero attached hydrogens (tertiary/aromatic N) is 1. The van der Waals surface area contributed by atoms with Gasteiger partial charge in [0.1, 0.15) is 5.75 Å². The molecule has 0 heterocycles. The van der Waals surface area contributed by atoms with Crippen molar-refractivity contribution in [3.8, 4) is 5.75 Å². The molecule has 0 aromatic heterocycles. The third-order valence-electron chi connectivity index (χ3n) is 2.05. The number of benzene rings is 1. The maximum Gasteiger partial charge on any atom is 0.274 e. The van der Waals surface area contributed by atoms with Gasteiger partial charge in [-0.15, -0.1) is 0 Å². The molecule has 0 aliphatic carbocycles. The number of nitro benzene ring substituents is 1. The fourth-order valence-corrected chi connectivity index (χ4v) is 2.56. The highest BCUT2D eigenvalue weighted by Gasteiger charge is 2.19. The predicted molar refractivity (Wildman–Crippen MR) is 64.9 cm³/mol. The second-order valence-corrected chi connectivity index (χ2v) is 3.89. The van der Waals surface area contributed by atoms with Crippen molar-refractivity contribution in [2.24, 2.45) is 0 Å². The Labute approximate surface area is 104 Å². The topological polar surface area (TPSA) is 52.4 Å². The maximum absolute atomic E-state index is 10.8. The number of rotatable bonds is 4. The number of halogens is 2. The lowest BCUT2D eigenvalue weighted by Gasteiger charge is -2.10. The summed E-state index contributed by atoms with van der Waals surface area (Å²) in [7, 11) is 1.55. The zero-order valence-electron chi connectivity index (χ0n) is 8.00. The molecule has 0 bridgehead atoms. The van der Waals surface area contributed by atoms with Crippen molar-refractivity contribution in [2.75, 3.05) is 7.11 Å². The van der Waals surface area contributed by atoms with Gasteiger partial charge in [-0.3, -0.25) is 10.1 Å². The molecule has 1 aromatic carbocycles. The zero-order valence-corrected chi connectivity index (χ0v) is 11.2. The van der Waals surface area contributed by atoms with Crippen molar-refractivity contribution >= 4 is 37.5 Å². The van der Waals surface area contributed by atoms with Crippen LogP contribution in [0.15, 0.2) is 12.1 Å². The van der Waals surface area contributed by atoms with Crippen LogP contribution in [0.2, 0.25) is 0 Å². The Kier molecular flexibility index (Phi) is 4.53. The van der Waals surface area contributed by atoms with Gasteiger partial charge in [-0.2, -0.15) is 0 Å². The van der Waals surface area contributed by atoms with Gasteiger partial charge in [-0.1, -0.05) is 31.9 Å². The van der Waals surface area contributed by atoms with Gasteiger partial charge in [0.05, 0.1) is 12.0 Å². The van der Waals surface area contributed by atoms with E-state index in [-0.39, 0.29) is 10.6 Å². The van der Waals surface area contributed by atoms with E-state index in [1.807, 2.05) is 0 Å². The average Bonchev–Trinajstić information content (AvgIpc) is 2.26. The Morgan fingerprint density at radius 3 is 2.33 bits per heavy atom. The molecule has 0 saturated heterocycles. The first kappa shape index (κ1) is 12.4. The van der Waals surface area contributed by atoms with E-state index in [2.05, 4.69) is 31.9 Å². The van der Waals surface area contributed by atoms with Crippen LogP contribution in [0.1, 0.15) is 11.1 Å². The fraction of sp³-hybridized carbons (Fsp3) is 0.333. The highest BCUT2D eigenvalue weighted by molar-refractivity contribution is 9.09. The molecule has 82 valence electrons. The molecule has 0 fully saturated rings. The number of hydrogen-bond acceptors (Lipinski definition) is 3. The lowest BCUT2D eigenvalue weighted by molar-refractivity contribution is -0.385. The van der Waals surface area contributed by atoms with E-state index >= 15 is 0 Å². The zero-order chi connectivity index (χ0) is 11.4. The Balaban J connectivity index is 3.40. The first-order chi connectivity index (χ1) is 7.15. The summed E-state index contributed by atoms with van der Waals surface area (Å²) in [4.78, 5) is 10.4. The van der Waals surface area contributed by atoms with Crippen LogP contribution in [0.4, 0.5) is 5.69 Å². The minimum atomic E-state index is -0.387. The van der Waals surface area contributed by atoms with Crippen LogP contribution < -0.4 is 4.74 Å². The van der Waals surface area contributed by atoms with Crippen molar-refractivity contribution in [3.63, 3.8) is 0 Å². The van der Waals surface area contributed by atoms with Crippen molar-refractivity contribution in [1.29, 1.82) is 0 Å². The molecule has 0 saturated carbocycles. The summed E-state index contributed by atoms with van der Waals surface area (Å²) >= 11 is 6.55. The van der Waals surface area contributed by atoms with E-state index in [1.165, 1.54) is 6.07 Å². The molecule has 0 N–H and O–H groups in total. The molecule has 0 spiro atoms. The average molecular weight is 339 g/mol. The first-order valence-corrected chi connectivity index (χ1v) is 6.35. The number of methoxy groups -OCH3 is 1. The van der Waals surface area contributed by atoms with Crippen LogP contribution in [-0.4, -0.2) is 12.0 Å². The third-order valence-corrected chi connectivity index (χ3v) is 3.17. The Bertz CT molecular complexity index is 382. The van der Waals surface area contributed by atoms with Gasteiger partial charge in [0, 0.05) is 27.9 Å². The summed E-state index contributed by atoms with van der Waals surface area (Å²) in [6, 6.07) is 3.07. The molecule has 0 aliphatic rings. The van der Waals surface area contributed by atoms with Crippen molar-refractivity contribution in [2.45, 2.75) is 10.7 Å². The molecule has 0 unspecified atom stereocenters. The van der Waals surface area contributed by atoms with Crippen molar-refractivity contribution in [3.05, 3.63) is 33.4 Å². The predicted octanol–water partition coefficient (Wildman–Crippen LogP) is 3.39. The highest BCUT2D eigenvalue weighted by atomic mass is 79.9. The summed E-state index contributed by atoms with van der Waals surface area (Å²) in [6.07, 6.45) is 0. The lowest BCUT2D eigenvalue weighted by atomic mass is 10.1. The molecule has 0 amide bonds. The minimum absolute atomic E-state index is 0.113. The SMILES string of the molecule is COc1ccc([N+](=O)[O-])c(CBr)c1CBr. The molecule has 1 rings (SSSR count). The summed E-state index contributed by atoms with van der Waals surface area (Å²) in [6.45, 7) is 0. The normalized spacial score (nSPS) is 10.1. The van der Waals surface area contributed by atoms with Gasteiger partial charge in [0.2, 0.25) is 0 Å². The van der Waals surface area contributed by atoms with E-state index in [0.717, 1.165) is 5.56 Å². The number of nitro groups is 1. The number of ether oxygens (including phenoxy) is 1. The standard InChI is InChI=1S/C9H9Br2NO3/c1-15-9-3-2-8(12(13)14)6(4-10)7(9)5-11/h2-3H,4-5H2,1H3. The van der Waals surface area contributed by atoms with Crippen LogP contribution in [-0.2, 0) is 10.7 Å². The second-order valence-electron chi connectivity index (χ2n) is 2.77. The highest BCUT2D eigenvalue weighted by Crippen LogP contribution is 2.33. The van der Waals surface area contributed by atoms with Crippen molar-refractivity contribution in [1.82, 2.24) is 0 Å². The van der Waals surface area contributed by atoms with E-state index in [4.69, 9.17) is 4.74 Å². The summed E-state index contributed by atoms with van der Waals surface area (Å²) in [5.41, 5.74) is 1.57. The summed E-state index contributed by atoms with van der Waals surface area (Å²) < 4.78 is 5.14. The molecule has 1 aromatic rings. The van der Waals surface area contributed by atoms with Gasteiger partial charge in [0.15, 0.2) is 0 Å². The molecular formula is C9H9Br2NO3. The summed E-state index contributed by atoms with van der Waals surface area (Å²) in [5.74, 6) is 0.659. The third kappa shape index (κ3) is 2.49. The van der Waals surface area contributed by atoms with Crippen LogP contribution in [0.5, 0.6) is 5.75 Å². The molecule has 0 radical (unpaired) electrons. The van der Waals surface area contributed by atoms with Gasteiger partial charge in [-0.25, -0.2) is 0 Å². The maximum atomic E-state index is 10.8. The molecule has 15 heavy (non-hydrogen) atoms. The van der Waals surface area contributed by atoms with Gasteiger partial charge in [0.25, 0.3) is 5.69 Å². The van der Waals surface area contributed by atoms with Crippen molar-refractivity contribution < 1.29 is 9.66 Å². The van der Waals surface area contributed by atoms with Crippen LogP contribution in [0.3, 0.4) is 0 Å². The van der Waals surface area contributed by atoms with Gasteiger partial charge in [-0.05, 0) is 6.07 Å². The van der Waals surface area contributed by atoms with E-state index in [0.29, 0.717) is 22.0 Å². The lowest BCUT2D eigenvalue weighted by Crippen LogP contribution is -2.00. The first-order valence-electron chi connectivity index (χ1n) is 4.10. The van der Waals surface area contributed by atoms with Crippen LogP contribution in [0, 0.1) is 10.1 Å². The van der Waals surface area contributed by atoms with Gasteiger partial charge >= 0.3 is 0 Å². The Morgan fingerprint density at radius 1 is 1.33 bits per heavy atom. The second kappa shape index (κ2) is 5.46. The summed E-state index contributed by atoms with van der Waals surface area (Å²) in [5, 5.41) is 11.7. The molecule has 4 nitrogen and oxygen atoms in total. The van der Waals surface area contributed by atoms with Crippen LogP contribution >= 0.6 is 31.9 Å². The van der Waals surface area contributed by atoms with Gasteiger partial charge < -0.3 is 4.74 Å². The molecular weight excluding hydrogens is 330 g/mol. The largest absolute Gasteiger partial charge is 0.496 e.